The molecule has 186 valence electrons. The van der Waals surface area contributed by atoms with Crippen molar-refractivity contribution in [3.63, 3.8) is 0 Å². The second-order valence-corrected chi connectivity index (χ2v) is 9.37. The molecule has 2 atom stereocenters. The van der Waals surface area contributed by atoms with Gasteiger partial charge in [0.05, 0.1) is 11.3 Å². The summed E-state index contributed by atoms with van der Waals surface area (Å²) in [5.74, 6) is -1.11. The van der Waals surface area contributed by atoms with Crippen LogP contribution in [0.3, 0.4) is 0 Å². The summed E-state index contributed by atoms with van der Waals surface area (Å²) in [6, 6.07) is 18.6. The van der Waals surface area contributed by atoms with Crippen molar-refractivity contribution in [2.75, 3.05) is 11.4 Å². The first-order chi connectivity index (χ1) is 18.0. The Bertz CT molecular complexity index is 1540. The van der Waals surface area contributed by atoms with Crippen LogP contribution in [0.1, 0.15) is 46.6 Å². The zero-order chi connectivity index (χ0) is 25.7. The highest BCUT2D eigenvalue weighted by Crippen LogP contribution is 2.45. The molecule has 0 spiro atoms. The number of amides is 4. The Hall–Kier alpha value is -4.46. The molecule has 0 aliphatic carbocycles. The Labute approximate surface area is 212 Å². The molecule has 3 heterocycles. The summed E-state index contributed by atoms with van der Waals surface area (Å²) < 4.78 is 13.8. The zero-order valence-electron chi connectivity index (χ0n) is 20.2. The Morgan fingerprint density at radius 1 is 1.03 bits per heavy atom. The summed E-state index contributed by atoms with van der Waals surface area (Å²) in [6.07, 6.45) is 1.10. The van der Waals surface area contributed by atoms with Gasteiger partial charge in [0, 0.05) is 29.6 Å². The molecule has 1 aromatic heterocycles. The molecule has 6 rings (SSSR count). The number of carbonyl (C=O) groups is 3. The molecular weight excluding hydrogens is 471 g/mol. The average molecular weight is 497 g/mol. The van der Waals surface area contributed by atoms with Crippen molar-refractivity contribution in [3.8, 4) is 0 Å². The number of urea groups is 1. The largest absolute Gasteiger partial charge is 0.356 e. The number of para-hydroxylation sites is 2. The number of halogens is 1. The molecule has 7 nitrogen and oxygen atoms in total. The molecule has 4 aromatic rings. The van der Waals surface area contributed by atoms with Gasteiger partial charge in [-0.1, -0.05) is 49.4 Å². The zero-order valence-corrected chi connectivity index (χ0v) is 20.2. The lowest BCUT2D eigenvalue weighted by Gasteiger charge is -2.36. The fourth-order valence-electron chi connectivity index (χ4n) is 5.48. The van der Waals surface area contributed by atoms with Gasteiger partial charge in [-0.05, 0) is 47.9 Å². The van der Waals surface area contributed by atoms with Gasteiger partial charge in [0.2, 0.25) is 0 Å². The third-order valence-electron chi connectivity index (χ3n) is 7.16. The van der Waals surface area contributed by atoms with Gasteiger partial charge in [0.1, 0.15) is 17.9 Å². The highest BCUT2D eigenvalue weighted by atomic mass is 19.1. The Morgan fingerprint density at radius 2 is 1.76 bits per heavy atom. The molecule has 2 N–H and O–H groups in total. The second kappa shape index (κ2) is 8.89. The van der Waals surface area contributed by atoms with Gasteiger partial charge >= 0.3 is 6.03 Å². The standard InChI is InChI=1S/C29H25FN4O3/c1-2-15-31-27(35)20-8-4-6-10-23(20)34-28(36)24-16-21-19-7-3-5-9-22(19)32-25(21)26(33(24)29(34)37)17-11-13-18(30)14-12-17/h3-14,24,26,32H,2,15-16H2,1H3,(H,31,35). The number of carbonyl (C=O) groups excluding carboxylic acids is 3. The van der Waals surface area contributed by atoms with Gasteiger partial charge in [-0.15, -0.1) is 0 Å². The topological polar surface area (TPSA) is 85.5 Å². The maximum Gasteiger partial charge on any atom is 0.332 e. The normalized spacial score (nSPS) is 18.8. The first-order valence-electron chi connectivity index (χ1n) is 12.4. The molecule has 2 unspecified atom stereocenters. The monoisotopic (exact) mass is 496 g/mol. The molecule has 1 saturated heterocycles. The van der Waals surface area contributed by atoms with Crippen LogP contribution in [-0.4, -0.2) is 40.3 Å². The number of nitrogens with zero attached hydrogens (tertiary/aromatic N) is 2. The third-order valence-corrected chi connectivity index (χ3v) is 7.16. The summed E-state index contributed by atoms with van der Waals surface area (Å²) >= 11 is 0. The quantitative estimate of drug-likeness (QED) is 0.384. The van der Waals surface area contributed by atoms with Crippen molar-refractivity contribution >= 4 is 34.4 Å². The van der Waals surface area contributed by atoms with E-state index in [9.17, 15) is 18.8 Å². The summed E-state index contributed by atoms with van der Waals surface area (Å²) in [7, 11) is 0. The van der Waals surface area contributed by atoms with Crippen LogP contribution in [0.4, 0.5) is 14.9 Å². The van der Waals surface area contributed by atoms with Crippen LogP contribution in [0.5, 0.6) is 0 Å². The lowest BCUT2D eigenvalue weighted by molar-refractivity contribution is -0.120. The smallest absolute Gasteiger partial charge is 0.332 e. The van der Waals surface area contributed by atoms with Crippen LogP contribution in [-0.2, 0) is 11.2 Å². The molecule has 0 radical (unpaired) electrons. The number of H-pyrrole nitrogens is 1. The number of nitrogens with one attached hydrogen (secondary N) is 2. The number of benzene rings is 3. The summed E-state index contributed by atoms with van der Waals surface area (Å²) in [5.41, 5.74) is 3.89. The first-order valence-corrected chi connectivity index (χ1v) is 12.4. The van der Waals surface area contributed by atoms with Crippen LogP contribution in [0.2, 0.25) is 0 Å². The van der Waals surface area contributed by atoms with E-state index in [-0.39, 0.29) is 28.9 Å². The number of aromatic nitrogens is 1. The number of anilines is 1. The van der Waals surface area contributed by atoms with Crippen molar-refractivity contribution in [3.05, 3.63) is 101 Å². The Balaban J connectivity index is 1.49. The van der Waals surface area contributed by atoms with Gasteiger partial charge in [-0.2, -0.15) is 0 Å². The van der Waals surface area contributed by atoms with Crippen LogP contribution < -0.4 is 10.2 Å². The van der Waals surface area contributed by atoms with E-state index >= 15 is 0 Å². The van der Waals surface area contributed by atoms with Gasteiger partial charge in [0.15, 0.2) is 0 Å². The van der Waals surface area contributed by atoms with E-state index in [0.29, 0.717) is 18.5 Å². The van der Waals surface area contributed by atoms with E-state index in [2.05, 4.69) is 10.3 Å². The van der Waals surface area contributed by atoms with Gasteiger partial charge < -0.3 is 10.3 Å². The maximum atomic E-state index is 14.0. The van der Waals surface area contributed by atoms with Gasteiger partial charge in [-0.25, -0.2) is 14.1 Å². The van der Waals surface area contributed by atoms with E-state index in [4.69, 9.17) is 0 Å². The number of imide groups is 1. The van der Waals surface area contributed by atoms with Gasteiger partial charge in [-0.3, -0.25) is 14.5 Å². The third kappa shape index (κ3) is 3.59. The van der Waals surface area contributed by atoms with Crippen molar-refractivity contribution in [2.24, 2.45) is 0 Å². The number of aromatic amines is 1. The SMILES string of the molecule is CCCNC(=O)c1ccccc1N1C(=O)C2Cc3c([nH]c4ccccc34)C(c3ccc(F)cc3)N2C1=O. The van der Waals surface area contributed by atoms with Crippen molar-refractivity contribution in [2.45, 2.75) is 31.8 Å². The lowest BCUT2D eigenvalue weighted by atomic mass is 9.89. The fourth-order valence-corrected chi connectivity index (χ4v) is 5.48. The minimum Gasteiger partial charge on any atom is -0.356 e. The van der Waals surface area contributed by atoms with E-state index in [1.165, 1.54) is 12.1 Å². The molecule has 0 bridgehead atoms. The minimum atomic E-state index is -0.763. The van der Waals surface area contributed by atoms with Crippen LogP contribution >= 0.6 is 0 Å². The van der Waals surface area contributed by atoms with Crippen LogP contribution in [0, 0.1) is 5.82 Å². The molecule has 3 aromatic carbocycles. The second-order valence-electron chi connectivity index (χ2n) is 9.37. The van der Waals surface area contributed by atoms with Crippen LogP contribution in [0.15, 0.2) is 72.8 Å². The predicted molar refractivity (Wildman–Crippen MR) is 138 cm³/mol. The summed E-state index contributed by atoms with van der Waals surface area (Å²) in [6.45, 7) is 2.43. The number of hydrogen-bond acceptors (Lipinski definition) is 3. The molecular formula is C29H25FN4O3. The van der Waals surface area contributed by atoms with Crippen molar-refractivity contribution in [1.82, 2.24) is 15.2 Å². The molecule has 37 heavy (non-hydrogen) atoms. The van der Waals surface area contributed by atoms with Crippen molar-refractivity contribution < 1.29 is 18.8 Å². The highest BCUT2D eigenvalue weighted by Gasteiger charge is 2.53. The van der Waals surface area contributed by atoms with E-state index in [1.54, 1.807) is 41.3 Å². The molecule has 2 aliphatic heterocycles. The fraction of sp³-hybridized carbons (Fsp3) is 0.207. The number of rotatable bonds is 5. The Kier molecular flexibility index (Phi) is 5.52. The average Bonchev–Trinajstić information content (AvgIpc) is 3.41. The van der Waals surface area contributed by atoms with Crippen molar-refractivity contribution in [1.29, 1.82) is 0 Å². The lowest BCUT2D eigenvalue weighted by Crippen LogP contribution is -2.44. The first kappa shape index (κ1) is 23.0. The van der Waals surface area contributed by atoms with Gasteiger partial charge in [0.25, 0.3) is 11.8 Å². The summed E-state index contributed by atoms with van der Waals surface area (Å²) in [4.78, 5) is 47.0. The maximum absolute atomic E-state index is 14.0. The molecule has 0 saturated carbocycles. The van der Waals surface area contributed by atoms with E-state index in [1.807, 2.05) is 31.2 Å². The molecule has 1 fully saturated rings. The Morgan fingerprint density at radius 3 is 2.54 bits per heavy atom. The number of fused-ring (bicyclic) bond motifs is 4. The highest BCUT2D eigenvalue weighted by molar-refractivity contribution is 6.24. The van der Waals surface area contributed by atoms with E-state index < -0.39 is 18.1 Å². The number of hydrogen-bond donors (Lipinski definition) is 2. The van der Waals surface area contributed by atoms with Crippen LogP contribution in [0.25, 0.3) is 10.9 Å². The molecule has 4 amide bonds. The minimum absolute atomic E-state index is 0.256. The summed E-state index contributed by atoms with van der Waals surface area (Å²) in [5, 5.41) is 3.82. The predicted octanol–water partition coefficient (Wildman–Crippen LogP) is 4.93. The molecule has 8 heteroatoms. The molecule has 2 aliphatic rings. The van der Waals surface area contributed by atoms with E-state index in [0.717, 1.165) is 33.5 Å².